The highest BCUT2D eigenvalue weighted by Crippen LogP contribution is 2.63. The maximum absolute atomic E-state index is 11.8. The van der Waals surface area contributed by atoms with Gasteiger partial charge in [0.25, 0.3) is 0 Å². The number of rotatable bonds is 7. The van der Waals surface area contributed by atoms with Crippen molar-refractivity contribution in [3.8, 4) is 11.5 Å². The largest absolute Gasteiger partial charge is 0.504 e. The Bertz CT molecular complexity index is 991. The Morgan fingerprint density at radius 3 is 2.91 bits per heavy atom. The number of aliphatic hydroxyl groups is 1. The third-order valence-electron chi connectivity index (χ3n) is 7.88. The molecule has 2 heterocycles. The number of likely N-dealkylation sites (tertiary alicyclic amines) is 1. The van der Waals surface area contributed by atoms with Crippen molar-refractivity contribution < 1.29 is 29.6 Å². The molecule has 5 atom stereocenters. The number of likely N-dealkylation sites (N-methyl/N-ethyl adjacent to an activating group) is 1. The molecule has 5 rings (SSSR count). The van der Waals surface area contributed by atoms with Crippen LogP contribution in [0.3, 0.4) is 0 Å². The number of aliphatic hydroxyl groups excluding tert-OH is 1. The Hall–Kier alpha value is -2.58. The Kier molecular flexibility index (Phi) is 5.17. The quantitative estimate of drug-likeness (QED) is 0.369. The average molecular weight is 443 g/mol. The number of nitrogens with zero attached hydrogens (tertiary/aromatic N) is 1. The maximum Gasteiger partial charge on any atom is 0.303 e. The van der Waals surface area contributed by atoms with Crippen LogP contribution in [0, 0.1) is 5.92 Å². The van der Waals surface area contributed by atoms with Crippen LogP contribution in [0.5, 0.6) is 11.5 Å². The van der Waals surface area contributed by atoms with E-state index in [1.807, 2.05) is 6.08 Å². The number of aryl methyl sites for hydroxylation is 1. The standard InChI is InChI=1S/C24H30N2O6/c1-26-10-8-24-15-4-5-17(27)23(24)32-22-18(28)11-13(14(21(22)24)12-16(15)26)3-2-9-25-19(29)6-7-20(30)31/h4-5,11,15-17,23,27-28H,2-3,6-10,12H2,1H3,(H,25,29)(H,30,31)/t15-,16+,17-,23-,24-/m0/s1. The van der Waals surface area contributed by atoms with Gasteiger partial charge in [-0.1, -0.05) is 12.2 Å². The number of carboxylic acids is 1. The van der Waals surface area contributed by atoms with Crippen LogP contribution in [0.25, 0.3) is 0 Å². The van der Waals surface area contributed by atoms with Crippen molar-refractivity contribution in [3.05, 3.63) is 34.9 Å². The van der Waals surface area contributed by atoms with Crippen molar-refractivity contribution >= 4 is 11.9 Å². The molecule has 32 heavy (non-hydrogen) atoms. The number of carbonyl (C=O) groups is 2. The predicted octanol–water partition coefficient (Wildman–Crippen LogP) is 1.11. The number of piperidine rings is 1. The van der Waals surface area contributed by atoms with Crippen molar-refractivity contribution in [2.24, 2.45) is 5.92 Å². The molecular formula is C24H30N2O6. The van der Waals surface area contributed by atoms with Gasteiger partial charge in [0.1, 0.15) is 12.2 Å². The number of hydrogen-bond donors (Lipinski definition) is 4. The number of aromatic hydroxyl groups is 1. The fourth-order valence-electron chi connectivity index (χ4n) is 6.44. The summed E-state index contributed by atoms with van der Waals surface area (Å²) in [7, 11) is 2.15. The summed E-state index contributed by atoms with van der Waals surface area (Å²) in [6.07, 6.45) is 5.85. The SMILES string of the molecule is CN1CC[C@]23c4c5c(CCCNC(=O)CCC(=O)O)cc(O)c4O[C@H]2[C@@H](O)C=C[C@H]3[C@H]1C5. The predicted molar refractivity (Wildman–Crippen MR) is 116 cm³/mol. The normalized spacial score (nSPS) is 31.7. The van der Waals surface area contributed by atoms with Gasteiger partial charge < -0.3 is 30.3 Å². The van der Waals surface area contributed by atoms with E-state index < -0.39 is 12.1 Å². The number of aliphatic carboxylic acids is 1. The molecule has 8 nitrogen and oxygen atoms in total. The fourth-order valence-corrected chi connectivity index (χ4v) is 6.44. The Labute approximate surface area is 186 Å². The summed E-state index contributed by atoms with van der Waals surface area (Å²) < 4.78 is 6.24. The zero-order valence-corrected chi connectivity index (χ0v) is 18.2. The number of benzene rings is 1. The van der Waals surface area contributed by atoms with E-state index in [9.17, 15) is 19.8 Å². The zero-order valence-electron chi connectivity index (χ0n) is 18.2. The maximum atomic E-state index is 11.8. The molecule has 1 aromatic carbocycles. The topological polar surface area (TPSA) is 119 Å². The molecule has 1 saturated heterocycles. The molecule has 0 aromatic heterocycles. The van der Waals surface area contributed by atoms with Gasteiger partial charge in [-0.2, -0.15) is 0 Å². The number of carboxylic acid groups (broad SMARTS) is 1. The lowest BCUT2D eigenvalue weighted by molar-refractivity contribution is -0.138. The lowest BCUT2D eigenvalue weighted by atomic mass is 9.53. The summed E-state index contributed by atoms with van der Waals surface area (Å²) in [4.78, 5) is 24.8. The first-order valence-electron chi connectivity index (χ1n) is 11.4. The number of carbonyl (C=O) groups excluding carboxylic acids is 1. The number of phenols is 1. The molecule has 1 spiro atoms. The average Bonchev–Trinajstić information content (AvgIpc) is 3.11. The Morgan fingerprint density at radius 1 is 1.31 bits per heavy atom. The summed E-state index contributed by atoms with van der Waals surface area (Å²) >= 11 is 0. The van der Waals surface area contributed by atoms with Gasteiger partial charge in [-0.3, -0.25) is 9.59 Å². The minimum absolute atomic E-state index is 0.0211. The lowest BCUT2D eigenvalue weighted by Crippen LogP contribution is -2.64. The first kappa shape index (κ1) is 21.3. The molecule has 1 amide bonds. The number of ether oxygens (including phenoxy) is 1. The highest BCUT2D eigenvalue weighted by atomic mass is 16.5. The third-order valence-corrected chi connectivity index (χ3v) is 7.88. The molecule has 172 valence electrons. The van der Waals surface area contributed by atoms with E-state index in [0.29, 0.717) is 31.2 Å². The van der Waals surface area contributed by atoms with Crippen LogP contribution in [-0.2, 0) is 27.8 Å². The van der Waals surface area contributed by atoms with Gasteiger partial charge in [-0.05, 0) is 56.5 Å². The summed E-state index contributed by atoms with van der Waals surface area (Å²) in [5.41, 5.74) is 3.05. The summed E-state index contributed by atoms with van der Waals surface area (Å²) in [5, 5.41) is 33.0. The second kappa shape index (κ2) is 7.78. The van der Waals surface area contributed by atoms with E-state index in [0.717, 1.165) is 30.5 Å². The first-order chi connectivity index (χ1) is 15.3. The minimum atomic E-state index is -0.982. The van der Waals surface area contributed by atoms with Crippen molar-refractivity contribution in [1.82, 2.24) is 10.2 Å². The van der Waals surface area contributed by atoms with Crippen LogP contribution < -0.4 is 10.1 Å². The number of hydrogen-bond acceptors (Lipinski definition) is 6. The third kappa shape index (κ3) is 3.11. The number of amides is 1. The molecule has 2 aliphatic carbocycles. The van der Waals surface area contributed by atoms with E-state index in [2.05, 4.69) is 23.3 Å². The Morgan fingerprint density at radius 2 is 2.12 bits per heavy atom. The molecule has 0 saturated carbocycles. The minimum Gasteiger partial charge on any atom is -0.504 e. The molecule has 1 fully saturated rings. The molecule has 1 aromatic rings. The molecule has 4 N–H and O–H groups in total. The first-order valence-corrected chi connectivity index (χ1v) is 11.4. The van der Waals surface area contributed by atoms with Crippen molar-refractivity contribution in [2.45, 2.75) is 62.2 Å². The van der Waals surface area contributed by atoms with E-state index in [1.54, 1.807) is 6.07 Å². The molecule has 0 unspecified atom stereocenters. The second-order valence-corrected chi connectivity index (χ2v) is 9.57. The van der Waals surface area contributed by atoms with Crippen molar-refractivity contribution in [3.63, 3.8) is 0 Å². The van der Waals surface area contributed by atoms with Crippen LogP contribution in [-0.4, -0.2) is 70.5 Å². The smallest absolute Gasteiger partial charge is 0.303 e. The number of phenolic OH excluding ortho intramolecular Hbond substituents is 1. The van der Waals surface area contributed by atoms with Crippen LogP contribution in [0.4, 0.5) is 0 Å². The molecule has 4 aliphatic rings. The molecule has 2 aliphatic heterocycles. The van der Waals surface area contributed by atoms with Gasteiger partial charge in [0.2, 0.25) is 5.91 Å². The van der Waals surface area contributed by atoms with E-state index in [4.69, 9.17) is 9.84 Å². The van der Waals surface area contributed by atoms with Crippen LogP contribution in [0.15, 0.2) is 18.2 Å². The van der Waals surface area contributed by atoms with Crippen LogP contribution in [0.1, 0.15) is 42.4 Å². The monoisotopic (exact) mass is 442 g/mol. The van der Waals surface area contributed by atoms with Crippen molar-refractivity contribution in [2.75, 3.05) is 20.1 Å². The molecule has 0 radical (unpaired) electrons. The molecule has 8 heteroatoms. The Balaban J connectivity index is 1.41. The van der Waals surface area contributed by atoms with Crippen molar-refractivity contribution in [1.29, 1.82) is 0 Å². The molecular weight excluding hydrogens is 412 g/mol. The second-order valence-electron chi connectivity index (χ2n) is 9.57. The highest BCUT2D eigenvalue weighted by molar-refractivity contribution is 5.80. The number of nitrogens with one attached hydrogen (secondary N) is 1. The van der Waals surface area contributed by atoms with Crippen LogP contribution in [0.2, 0.25) is 0 Å². The van der Waals surface area contributed by atoms with Gasteiger partial charge in [0.05, 0.1) is 6.42 Å². The zero-order chi connectivity index (χ0) is 22.6. The van der Waals surface area contributed by atoms with Gasteiger partial charge >= 0.3 is 5.97 Å². The van der Waals surface area contributed by atoms with Gasteiger partial charge in [-0.25, -0.2) is 0 Å². The van der Waals surface area contributed by atoms with E-state index >= 15 is 0 Å². The van der Waals surface area contributed by atoms with E-state index in [1.165, 1.54) is 5.56 Å². The van der Waals surface area contributed by atoms with E-state index in [-0.39, 0.29) is 41.9 Å². The highest BCUT2D eigenvalue weighted by Gasteiger charge is 2.64. The summed E-state index contributed by atoms with van der Waals surface area (Å²) in [6.45, 7) is 1.38. The van der Waals surface area contributed by atoms with Gasteiger partial charge in [0.15, 0.2) is 11.5 Å². The summed E-state index contributed by atoms with van der Waals surface area (Å²) in [6, 6.07) is 2.10. The van der Waals surface area contributed by atoms with Gasteiger partial charge in [-0.15, -0.1) is 0 Å². The summed E-state index contributed by atoms with van der Waals surface area (Å²) in [5.74, 6) is -0.346. The fraction of sp³-hybridized carbons (Fsp3) is 0.583. The van der Waals surface area contributed by atoms with Crippen LogP contribution >= 0.6 is 0 Å². The molecule has 2 bridgehead atoms. The lowest BCUT2D eigenvalue weighted by Gasteiger charge is -2.56. The van der Waals surface area contributed by atoms with Gasteiger partial charge in [0, 0.05) is 35.9 Å².